The number of piperazine rings is 1. The minimum Gasteiger partial charge on any atom is -0.495 e. The Morgan fingerprint density at radius 1 is 1.02 bits per heavy atom. The Balaban J connectivity index is 1.41. The number of anilines is 2. The molecule has 1 aliphatic rings. The van der Waals surface area contributed by atoms with Crippen molar-refractivity contribution in [3.8, 4) is 22.6 Å². The molecule has 1 N–H and O–H groups in total. The third kappa shape index (κ3) is 5.52. The van der Waals surface area contributed by atoms with Crippen molar-refractivity contribution in [1.82, 2.24) is 24.3 Å². The fraction of sp³-hybridized carbons (Fsp3) is 0.250. The maximum absolute atomic E-state index is 12.4. The Morgan fingerprint density at radius 2 is 1.75 bits per heavy atom. The van der Waals surface area contributed by atoms with E-state index >= 15 is 0 Å². The highest BCUT2D eigenvalue weighted by molar-refractivity contribution is 6.41. The number of benzene rings is 2. The van der Waals surface area contributed by atoms with Crippen molar-refractivity contribution < 1.29 is 14.3 Å². The number of carbonyl (C=O) groups is 1. The summed E-state index contributed by atoms with van der Waals surface area (Å²) in [6, 6.07) is 9.68. The number of methoxy groups -OCH3 is 2. The number of pyridine rings is 1. The highest BCUT2D eigenvalue weighted by Gasteiger charge is 2.23. The van der Waals surface area contributed by atoms with Gasteiger partial charge in [-0.3, -0.25) is 9.20 Å². The van der Waals surface area contributed by atoms with Crippen molar-refractivity contribution in [2.24, 2.45) is 0 Å². The zero-order valence-corrected chi connectivity index (χ0v) is 26.1. The number of hydrogen-bond acceptors (Lipinski definition) is 8. The molecule has 6 rings (SSSR count). The smallest absolute Gasteiger partial charge is 0.247 e. The van der Waals surface area contributed by atoms with E-state index in [1.54, 1.807) is 18.5 Å². The van der Waals surface area contributed by atoms with Crippen LogP contribution in [0.2, 0.25) is 10.0 Å². The maximum Gasteiger partial charge on any atom is 0.247 e. The lowest BCUT2D eigenvalue weighted by Gasteiger charge is -2.34. The van der Waals surface area contributed by atoms with Crippen LogP contribution in [0.5, 0.6) is 11.5 Å². The van der Waals surface area contributed by atoms with Gasteiger partial charge in [-0.2, -0.15) is 0 Å². The molecule has 3 aromatic heterocycles. The van der Waals surface area contributed by atoms with Gasteiger partial charge in [0.15, 0.2) is 0 Å². The molecule has 0 unspecified atom stereocenters. The molecule has 10 nitrogen and oxygen atoms in total. The van der Waals surface area contributed by atoms with Gasteiger partial charge in [0, 0.05) is 85.1 Å². The summed E-state index contributed by atoms with van der Waals surface area (Å²) >= 11 is 13.5. The van der Waals surface area contributed by atoms with Gasteiger partial charge in [-0.05, 0) is 36.9 Å². The standard InChI is InChI=1S/C32H31Cl2N7O3/c1-5-27(42)37-23-16-21(40-12-10-39(2)11-13-40)7-6-19(23)15-26-36-18-20-14-22(32-35-8-9-41(32)31(20)38-26)28-29(33)24(43-3)17-25(44-4)30(28)34/h5-9,14,16-18H,1,10-13,15H2,2-4H3,(H,37,42). The van der Waals surface area contributed by atoms with E-state index in [0.29, 0.717) is 61.9 Å². The molecule has 4 heterocycles. The van der Waals surface area contributed by atoms with Crippen LogP contribution in [0.25, 0.3) is 27.8 Å². The predicted octanol–water partition coefficient (Wildman–Crippen LogP) is 5.74. The molecule has 5 aromatic rings. The van der Waals surface area contributed by atoms with E-state index in [2.05, 4.69) is 39.8 Å². The second kappa shape index (κ2) is 12.3. The number of hydrogen-bond donors (Lipinski definition) is 1. The van der Waals surface area contributed by atoms with Crippen LogP contribution in [0, 0.1) is 0 Å². The Bertz CT molecular complexity index is 1870. The van der Waals surface area contributed by atoms with Crippen LogP contribution in [0.3, 0.4) is 0 Å². The van der Waals surface area contributed by atoms with Gasteiger partial charge in [0.05, 0.1) is 24.3 Å². The summed E-state index contributed by atoms with van der Waals surface area (Å²) in [6.07, 6.45) is 6.95. The van der Waals surface area contributed by atoms with Crippen molar-refractivity contribution in [3.63, 3.8) is 0 Å². The number of rotatable bonds is 8. The second-order valence-electron chi connectivity index (χ2n) is 10.5. The van der Waals surface area contributed by atoms with E-state index < -0.39 is 0 Å². The molecule has 0 spiro atoms. The van der Waals surface area contributed by atoms with Gasteiger partial charge >= 0.3 is 0 Å². The van der Waals surface area contributed by atoms with Crippen molar-refractivity contribution >= 4 is 57.2 Å². The largest absolute Gasteiger partial charge is 0.495 e. The minimum absolute atomic E-state index is 0.277. The molecule has 2 aromatic carbocycles. The van der Waals surface area contributed by atoms with Crippen molar-refractivity contribution in [3.05, 3.63) is 83.0 Å². The average molecular weight is 633 g/mol. The molecule has 1 fully saturated rings. The van der Waals surface area contributed by atoms with Crippen LogP contribution in [0.1, 0.15) is 11.4 Å². The SMILES string of the molecule is C=CC(=O)Nc1cc(N2CCN(C)CC2)ccc1Cc1ncc2cc(-c3c(Cl)c(OC)cc(OC)c3Cl)c3nccn3c2n1. The summed E-state index contributed by atoms with van der Waals surface area (Å²) in [5.74, 6) is 1.16. The van der Waals surface area contributed by atoms with Crippen LogP contribution in [-0.4, -0.2) is 77.6 Å². The summed E-state index contributed by atoms with van der Waals surface area (Å²) in [5, 5.41) is 4.42. The third-order valence-electron chi connectivity index (χ3n) is 7.85. The first-order chi connectivity index (χ1) is 21.3. The zero-order valence-electron chi connectivity index (χ0n) is 24.6. The minimum atomic E-state index is -0.277. The van der Waals surface area contributed by atoms with E-state index in [9.17, 15) is 4.79 Å². The lowest BCUT2D eigenvalue weighted by molar-refractivity contribution is -0.111. The predicted molar refractivity (Wildman–Crippen MR) is 175 cm³/mol. The molecular weight excluding hydrogens is 601 g/mol. The number of halogens is 2. The maximum atomic E-state index is 12.4. The molecule has 44 heavy (non-hydrogen) atoms. The first-order valence-electron chi connectivity index (χ1n) is 14.0. The summed E-state index contributed by atoms with van der Waals surface area (Å²) in [7, 11) is 5.19. The Kier molecular flexibility index (Phi) is 8.31. The normalized spacial score (nSPS) is 13.8. The highest BCUT2D eigenvalue weighted by Crippen LogP contribution is 2.47. The van der Waals surface area contributed by atoms with Gasteiger partial charge in [0.25, 0.3) is 0 Å². The fourth-order valence-electron chi connectivity index (χ4n) is 5.45. The number of amides is 1. The zero-order chi connectivity index (χ0) is 31.0. The number of carbonyl (C=O) groups excluding carboxylic acids is 1. The monoisotopic (exact) mass is 631 g/mol. The van der Waals surface area contributed by atoms with E-state index in [0.717, 1.165) is 42.8 Å². The summed E-state index contributed by atoms with van der Waals surface area (Å²) in [4.78, 5) is 31.2. The van der Waals surface area contributed by atoms with E-state index in [4.69, 9.17) is 42.6 Å². The molecular formula is C32H31Cl2N7O3. The number of nitrogens with one attached hydrogen (secondary N) is 1. The number of likely N-dealkylation sites (N-methyl/N-ethyl adjacent to an activating group) is 1. The van der Waals surface area contributed by atoms with Gasteiger partial charge in [0.1, 0.15) is 28.6 Å². The van der Waals surface area contributed by atoms with Crippen LogP contribution < -0.4 is 19.7 Å². The average Bonchev–Trinajstić information content (AvgIpc) is 3.53. The number of ether oxygens (including phenoxy) is 2. The molecule has 1 amide bonds. The quantitative estimate of drug-likeness (QED) is 0.217. The number of nitrogens with zero attached hydrogens (tertiary/aromatic N) is 6. The van der Waals surface area contributed by atoms with Gasteiger partial charge in [-0.15, -0.1) is 0 Å². The highest BCUT2D eigenvalue weighted by atomic mass is 35.5. The molecule has 0 atom stereocenters. The topological polar surface area (TPSA) is 97.1 Å². The van der Waals surface area contributed by atoms with Gasteiger partial charge in [0.2, 0.25) is 5.91 Å². The Labute approximate surface area is 264 Å². The fourth-order valence-corrected chi connectivity index (χ4v) is 6.15. The van der Waals surface area contributed by atoms with Crippen LogP contribution >= 0.6 is 23.2 Å². The van der Waals surface area contributed by atoms with Crippen molar-refractivity contribution in [2.45, 2.75) is 6.42 Å². The van der Waals surface area contributed by atoms with E-state index in [1.807, 2.05) is 28.8 Å². The summed E-state index contributed by atoms with van der Waals surface area (Å²) in [6.45, 7) is 7.41. The summed E-state index contributed by atoms with van der Waals surface area (Å²) in [5.41, 5.74) is 5.14. The van der Waals surface area contributed by atoms with Crippen molar-refractivity contribution in [2.75, 3.05) is 57.7 Å². The van der Waals surface area contributed by atoms with Gasteiger partial charge in [-0.1, -0.05) is 35.8 Å². The first kappa shape index (κ1) is 29.7. The van der Waals surface area contributed by atoms with Crippen LogP contribution in [0.15, 0.2) is 61.6 Å². The molecule has 0 bridgehead atoms. The molecule has 1 saturated heterocycles. The second-order valence-corrected chi connectivity index (χ2v) is 11.3. The van der Waals surface area contributed by atoms with Crippen LogP contribution in [0.4, 0.5) is 11.4 Å². The van der Waals surface area contributed by atoms with E-state index in [-0.39, 0.29) is 5.91 Å². The molecule has 226 valence electrons. The number of fused-ring (bicyclic) bond motifs is 3. The third-order valence-corrected chi connectivity index (χ3v) is 8.60. The Hall–Kier alpha value is -4.38. The number of imidazole rings is 1. The lowest BCUT2D eigenvalue weighted by Crippen LogP contribution is -2.44. The summed E-state index contributed by atoms with van der Waals surface area (Å²) < 4.78 is 12.9. The van der Waals surface area contributed by atoms with Crippen molar-refractivity contribution in [1.29, 1.82) is 0 Å². The molecule has 0 radical (unpaired) electrons. The van der Waals surface area contributed by atoms with Gasteiger partial charge in [-0.25, -0.2) is 15.0 Å². The Morgan fingerprint density at radius 3 is 2.43 bits per heavy atom. The van der Waals surface area contributed by atoms with Gasteiger partial charge < -0.3 is 24.6 Å². The van der Waals surface area contributed by atoms with E-state index in [1.165, 1.54) is 20.3 Å². The molecule has 0 saturated carbocycles. The molecule has 0 aliphatic carbocycles. The number of aromatic nitrogens is 4. The molecule has 12 heteroatoms. The first-order valence-corrected chi connectivity index (χ1v) is 14.8. The lowest BCUT2D eigenvalue weighted by atomic mass is 10.0. The molecule has 1 aliphatic heterocycles. The van der Waals surface area contributed by atoms with Crippen LogP contribution in [-0.2, 0) is 11.2 Å².